The summed E-state index contributed by atoms with van der Waals surface area (Å²) >= 11 is 9.02. The highest BCUT2D eigenvalue weighted by Gasteiger charge is 2.33. The van der Waals surface area contributed by atoms with Crippen molar-refractivity contribution in [3.63, 3.8) is 0 Å². The van der Waals surface area contributed by atoms with Gasteiger partial charge in [0.15, 0.2) is 10.1 Å². The highest BCUT2D eigenvalue weighted by atomic mass is 35.5. The molecule has 0 spiro atoms. The van der Waals surface area contributed by atoms with Crippen LogP contribution in [0.3, 0.4) is 0 Å². The molecule has 13 heteroatoms. The van der Waals surface area contributed by atoms with Crippen LogP contribution in [0.1, 0.15) is 35.7 Å². The highest BCUT2D eigenvalue weighted by Crippen LogP contribution is 2.30. The van der Waals surface area contributed by atoms with Crippen molar-refractivity contribution in [2.75, 3.05) is 31.6 Å². The number of sulfonamides is 1. The molecule has 9 nitrogen and oxygen atoms in total. The molecule has 4 rings (SSSR count). The zero-order valence-electron chi connectivity index (χ0n) is 20.6. The number of carbonyl (C=O) groups excluding carboxylic acids is 2. The Morgan fingerprint density at radius 3 is 2.66 bits per heavy atom. The third-order valence-corrected chi connectivity index (χ3v) is 10.3. The standard InChI is InChI=1S/C25H27ClN4O5S3/c1-2-35-23(32)17-10-12-30(13-11-17)38(33,34)20-8-5-7-18(14-20)22(31)15-27-24-28-29-25(37-24)36-16-19-6-3-4-9-21(19)26/h3-9,14,17H,2,10-13,15-16H2,1H3,(H,27,28). The average molecular weight is 595 g/mol. The number of ether oxygens (including phenoxy) is 1. The molecule has 0 atom stereocenters. The van der Waals surface area contributed by atoms with Crippen molar-refractivity contribution >= 4 is 61.6 Å². The third-order valence-electron chi connectivity index (χ3n) is 5.98. The number of halogens is 1. The minimum atomic E-state index is -3.80. The van der Waals surface area contributed by atoms with Crippen LogP contribution in [0.5, 0.6) is 0 Å². The van der Waals surface area contributed by atoms with E-state index in [1.807, 2.05) is 24.3 Å². The Morgan fingerprint density at radius 1 is 1.16 bits per heavy atom. The van der Waals surface area contributed by atoms with Gasteiger partial charge < -0.3 is 10.1 Å². The lowest BCUT2D eigenvalue weighted by molar-refractivity contribution is -0.149. The van der Waals surface area contributed by atoms with E-state index in [-0.39, 0.29) is 47.8 Å². The number of nitrogens with zero attached hydrogens (tertiary/aromatic N) is 3. The minimum absolute atomic E-state index is 0.0482. The maximum atomic E-state index is 13.2. The van der Waals surface area contributed by atoms with E-state index in [1.54, 1.807) is 19.1 Å². The van der Waals surface area contributed by atoms with Crippen molar-refractivity contribution in [1.29, 1.82) is 0 Å². The van der Waals surface area contributed by atoms with Gasteiger partial charge in [-0.3, -0.25) is 9.59 Å². The topological polar surface area (TPSA) is 119 Å². The summed E-state index contributed by atoms with van der Waals surface area (Å²) in [6.07, 6.45) is 0.808. The molecule has 3 aromatic rings. The Bertz CT molecular complexity index is 1390. The van der Waals surface area contributed by atoms with Crippen LogP contribution in [-0.4, -0.2) is 60.9 Å². The van der Waals surface area contributed by atoms with Crippen LogP contribution in [-0.2, 0) is 25.3 Å². The Morgan fingerprint density at radius 2 is 1.92 bits per heavy atom. The summed E-state index contributed by atoms with van der Waals surface area (Å²) in [6.45, 7) is 2.43. The second kappa shape index (κ2) is 13.0. The summed E-state index contributed by atoms with van der Waals surface area (Å²) in [5, 5.41) is 12.4. The number of nitrogens with one attached hydrogen (secondary N) is 1. The molecule has 0 aliphatic carbocycles. The summed E-state index contributed by atoms with van der Waals surface area (Å²) in [5.74, 6) is -0.208. The van der Waals surface area contributed by atoms with Crippen molar-refractivity contribution in [2.45, 2.75) is 34.8 Å². The Kier molecular flexibility index (Phi) is 9.77. The first-order valence-corrected chi connectivity index (χ1v) is 15.6. The van der Waals surface area contributed by atoms with Gasteiger partial charge >= 0.3 is 5.97 Å². The fourth-order valence-electron chi connectivity index (χ4n) is 3.92. The van der Waals surface area contributed by atoms with Crippen molar-refractivity contribution in [2.24, 2.45) is 5.92 Å². The van der Waals surface area contributed by atoms with Crippen molar-refractivity contribution in [3.8, 4) is 0 Å². The van der Waals surface area contributed by atoms with Crippen LogP contribution in [0.4, 0.5) is 5.13 Å². The van der Waals surface area contributed by atoms with Crippen molar-refractivity contribution in [3.05, 3.63) is 64.7 Å². The molecule has 1 N–H and O–H groups in total. The van der Waals surface area contributed by atoms with Gasteiger partial charge in [0.05, 0.1) is 24.0 Å². The fourth-order valence-corrected chi connectivity index (χ4v) is 7.47. The molecule has 38 heavy (non-hydrogen) atoms. The first-order valence-electron chi connectivity index (χ1n) is 12.0. The number of piperidine rings is 1. The smallest absolute Gasteiger partial charge is 0.309 e. The molecule has 2 aromatic carbocycles. The van der Waals surface area contributed by atoms with E-state index in [1.165, 1.54) is 39.5 Å². The number of benzene rings is 2. The number of rotatable bonds is 11. The molecule has 0 saturated carbocycles. The van der Waals surface area contributed by atoms with E-state index in [0.29, 0.717) is 35.4 Å². The molecule has 0 amide bonds. The lowest BCUT2D eigenvalue weighted by Crippen LogP contribution is -2.40. The molecule has 0 radical (unpaired) electrons. The van der Waals surface area contributed by atoms with E-state index in [4.69, 9.17) is 16.3 Å². The van der Waals surface area contributed by atoms with Crippen LogP contribution in [0.15, 0.2) is 57.8 Å². The second-order valence-electron chi connectivity index (χ2n) is 8.49. The molecule has 1 aliphatic rings. The van der Waals surface area contributed by atoms with Gasteiger partial charge in [0, 0.05) is 29.4 Å². The van der Waals surface area contributed by atoms with Gasteiger partial charge in [-0.25, -0.2) is 8.42 Å². The molecule has 2 heterocycles. The van der Waals surface area contributed by atoms with Crippen LogP contribution < -0.4 is 5.32 Å². The largest absolute Gasteiger partial charge is 0.466 e. The second-order valence-corrected chi connectivity index (χ2v) is 13.0. The Balaban J connectivity index is 1.32. The van der Waals surface area contributed by atoms with Crippen LogP contribution in [0, 0.1) is 5.92 Å². The monoisotopic (exact) mass is 594 g/mol. The number of Topliss-reactive ketones (excluding diaryl/α,β-unsaturated/α-hetero) is 1. The average Bonchev–Trinajstić information content (AvgIpc) is 3.39. The number of hydrogen-bond acceptors (Lipinski definition) is 10. The van der Waals surface area contributed by atoms with Gasteiger partial charge in [-0.1, -0.05) is 65.0 Å². The molecule has 1 saturated heterocycles. The first-order chi connectivity index (χ1) is 18.3. The quantitative estimate of drug-likeness (QED) is 0.191. The molecule has 0 bridgehead atoms. The molecule has 0 unspecified atom stereocenters. The summed E-state index contributed by atoms with van der Waals surface area (Å²) in [5.41, 5.74) is 1.27. The SMILES string of the molecule is CCOC(=O)C1CCN(S(=O)(=O)c2cccc(C(=O)CNc3nnc(SCc4ccccc4Cl)s3)c2)CC1. The number of aromatic nitrogens is 2. The summed E-state index contributed by atoms with van der Waals surface area (Å²) < 4.78 is 33.5. The lowest BCUT2D eigenvalue weighted by atomic mass is 9.98. The van der Waals surface area contributed by atoms with Gasteiger partial charge in [0.2, 0.25) is 15.2 Å². The zero-order chi connectivity index (χ0) is 27.1. The number of carbonyl (C=O) groups is 2. The molecule has 1 aromatic heterocycles. The first kappa shape index (κ1) is 28.5. The lowest BCUT2D eigenvalue weighted by Gasteiger charge is -2.30. The third kappa shape index (κ3) is 7.11. The van der Waals surface area contributed by atoms with E-state index in [2.05, 4.69) is 15.5 Å². The van der Waals surface area contributed by atoms with E-state index in [9.17, 15) is 18.0 Å². The minimum Gasteiger partial charge on any atom is -0.466 e. The predicted molar refractivity (Wildman–Crippen MR) is 148 cm³/mol. The molecule has 1 fully saturated rings. The fraction of sp³-hybridized carbons (Fsp3) is 0.360. The summed E-state index contributed by atoms with van der Waals surface area (Å²) in [4.78, 5) is 24.8. The van der Waals surface area contributed by atoms with Gasteiger partial charge in [0.25, 0.3) is 0 Å². The summed E-state index contributed by atoms with van der Waals surface area (Å²) in [7, 11) is -3.80. The number of esters is 1. The molecule has 1 aliphatic heterocycles. The molecular formula is C25H27ClN4O5S3. The Hall–Kier alpha value is -2.51. The number of ketones is 1. The predicted octanol–water partition coefficient (Wildman–Crippen LogP) is 4.74. The van der Waals surface area contributed by atoms with Gasteiger partial charge in [-0.2, -0.15) is 4.31 Å². The molecule has 202 valence electrons. The van der Waals surface area contributed by atoms with Gasteiger partial charge in [-0.05, 0) is 43.5 Å². The number of thioether (sulfide) groups is 1. The van der Waals surface area contributed by atoms with E-state index in [0.717, 1.165) is 9.90 Å². The van der Waals surface area contributed by atoms with Crippen molar-refractivity contribution < 1.29 is 22.7 Å². The summed E-state index contributed by atoms with van der Waals surface area (Å²) in [6, 6.07) is 13.6. The highest BCUT2D eigenvalue weighted by molar-refractivity contribution is 8.00. The maximum absolute atomic E-state index is 13.2. The number of hydrogen-bond donors (Lipinski definition) is 1. The van der Waals surface area contributed by atoms with E-state index >= 15 is 0 Å². The number of anilines is 1. The maximum Gasteiger partial charge on any atom is 0.309 e. The molecular weight excluding hydrogens is 568 g/mol. The van der Waals surface area contributed by atoms with E-state index < -0.39 is 10.0 Å². The Labute approximate surface area is 235 Å². The normalized spacial score (nSPS) is 14.8. The van der Waals surface area contributed by atoms with Crippen LogP contribution >= 0.6 is 34.7 Å². The van der Waals surface area contributed by atoms with Crippen molar-refractivity contribution in [1.82, 2.24) is 14.5 Å². The van der Waals surface area contributed by atoms with Gasteiger partial charge in [-0.15, -0.1) is 10.2 Å². The van der Waals surface area contributed by atoms with Crippen LogP contribution in [0.2, 0.25) is 5.02 Å². The van der Waals surface area contributed by atoms with Crippen LogP contribution in [0.25, 0.3) is 0 Å². The zero-order valence-corrected chi connectivity index (χ0v) is 23.8. The van der Waals surface area contributed by atoms with Gasteiger partial charge in [0.1, 0.15) is 0 Å².